The average molecular weight is 483 g/mol. The number of nitrogens with zero attached hydrogens (tertiary/aromatic N) is 2. The Morgan fingerprint density at radius 2 is 1.44 bits per heavy atom. The van der Waals surface area contributed by atoms with E-state index < -0.39 is 0 Å². The summed E-state index contributed by atoms with van der Waals surface area (Å²) >= 11 is 0. The van der Waals surface area contributed by atoms with Crippen molar-refractivity contribution in [2.24, 2.45) is 0 Å². The van der Waals surface area contributed by atoms with Crippen molar-refractivity contribution >= 4 is 23.6 Å². The number of para-hydroxylation sites is 1. The maximum absolute atomic E-state index is 12.9. The summed E-state index contributed by atoms with van der Waals surface area (Å²) in [6, 6.07) is 27.1. The van der Waals surface area contributed by atoms with E-state index in [4.69, 9.17) is 0 Å². The molecule has 1 saturated heterocycles. The summed E-state index contributed by atoms with van der Waals surface area (Å²) in [7, 11) is 0. The van der Waals surface area contributed by atoms with Crippen LogP contribution in [0.5, 0.6) is 0 Å². The zero-order valence-corrected chi connectivity index (χ0v) is 20.8. The van der Waals surface area contributed by atoms with Crippen molar-refractivity contribution in [2.75, 3.05) is 44.6 Å². The molecule has 1 unspecified atom stereocenters. The van der Waals surface area contributed by atoms with Gasteiger partial charge in [-0.25, -0.2) is 0 Å². The van der Waals surface area contributed by atoms with Gasteiger partial charge in [-0.3, -0.25) is 19.4 Å². The SMILES string of the molecule is CC(NC(=O)c1ccccc1NC(=O)CN1CCN(C/C=C/c2ccccc2)CC1)c1ccccc1. The molecule has 0 saturated carbocycles. The second-order valence-corrected chi connectivity index (χ2v) is 9.09. The molecule has 2 amide bonds. The van der Waals surface area contributed by atoms with Crippen LogP contribution in [0.3, 0.4) is 0 Å². The quantitative estimate of drug-likeness (QED) is 0.473. The molecule has 0 spiro atoms. The minimum absolute atomic E-state index is 0.108. The largest absolute Gasteiger partial charge is 0.345 e. The smallest absolute Gasteiger partial charge is 0.253 e. The summed E-state index contributed by atoms with van der Waals surface area (Å²) in [6.07, 6.45) is 4.34. The molecule has 3 aromatic rings. The Labute approximate surface area is 213 Å². The molecule has 6 heteroatoms. The lowest BCUT2D eigenvalue weighted by Crippen LogP contribution is -2.48. The lowest BCUT2D eigenvalue weighted by molar-refractivity contribution is -0.117. The van der Waals surface area contributed by atoms with Crippen LogP contribution in [-0.2, 0) is 4.79 Å². The number of carbonyl (C=O) groups is 2. The van der Waals surface area contributed by atoms with Gasteiger partial charge in [-0.15, -0.1) is 0 Å². The van der Waals surface area contributed by atoms with Gasteiger partial charge >= 0.3 is 0 Å². The number of carbonyl (C=O) groups excluding carboxylic acids is 2. The van der Waals surface area contributed by atoms with E-state index in [9.17, 15) is 9.59 Å². The summed E-state index contributed by atoms with van der Waals surface area (Å²) in [5, 5.41) is 5.98. The van der Waals surface area contributed by atoms with Crippen LogP contribution >= 0.6 is 0 Å². The molecule has 0 aromatic heterocycles. The van der Waals surface area contributed by atoms with Gasteiger partial charge in [-0.05, 0) is 30.2 Å². The number of piperazine rings is 1. The second-order valence-electron chi connectivity index (χ2n) is 9.09. The summed E-state index contributed by atoms with van der Waals surface area (Å²) in [5.41, 5.74) is 3.23. The molecule has 36 heavy (non-hydrogen) atoms. The fraction of sp³-hybridized carbons (Fsp3) is 0.267. The topological polar surface area (TPSA) is 64.7 Å². The third-order valence-electron chi connectivity index (χ3n) is 6.40. The molecule has 1 heterocycles. The minimum Gasteiger partial charge on any atom is -0.345 e. The number of benzene rings is 3. The van der Waals surface area contributed by atoms with Gasteiger partial charge in [0.2, 0.25) is 5.91 Å². The fourth-order valence-corrected chi connectivity index (χ4v) is 4.31. The molecular formula is C30H34N4O2. The predicted molar refractivity (Wildman–Crippen MR) is 146 cm³/mol. The van der Waals surface area contributed by atoms with Crippen LogP contribution in [0.15, 0.2) is 91.0 Å². The average Bonchev–Trinajstić information content (AvgIpc) is 2.91. The van der Waals surface area contributed by atoms with Crippen LogP contribution in [0.4, 0.5) is 5.69 Å². The van der Waals surface area contributed by atoms with E-state index in [1.54, 1.807) is 12.1 Å². The summed E-state index contributed by atoms with van der Waals surface area (Å²) in [5.74, 6) is -0.316. The first-order chi connectivity index (χ1) is 17.6. The molecule has 0 bridgehead atoms. The monoisotopic (exact) mass is 482 g/mol. The van der Waals surface area contributed by atoms with Gasteiger partial charge in [0, 0.05) is 32.7 Å². The molecule has 186 valence electrons. The van der Waals surface area contributed by atoms with Crippen LogP contribution in [0.25, 0.3) is 6.08 Å². The number of hydrogen-bond donors (Lipinski definition) is 2. The van der Waals surface area contributed by atoms with Gasteiger partial charge in [0.25, 0.3) is 5.91 Å². The van der Waals surface area contributed by atoms with E-state index in [0.717, 1.165) is 38.3 Å². The van der Waals surface area contributed by atoms with E-state index in [-0.39, 0.29) is 17.9 Å². The molecule has 0 aliphatic carbocycles. The maximum Gasteiger partial charge on any atom is 0.253 e. The zero-order chi connectivity index (χ0) is 25.2. The van der Waals surface area contributed by atoms with Crippen molar-refractivity contribution in [1.29, 1.82) is 0 Å². The molecule has 1 aliphatic rings. The van der Waals surface area contributed by atoms with Gasteiger partial charge in [0.1, 0.15) is 0 Å². The van der Waals surface area contributed by atoms with Gasteiger partial charge in [-0.1, -0.05) is 84.9 Å². The second kappa shape index (κ2) is 12.8. The Balaban J connectivity index is 1.25. The molecule has 2 N–H and O–H groups in total. The van der Waals surface area contributed by atoms with E-state index >= 15 is 0 Å². The molecule has 3 aromatic carbocycles. The highest BCUT2D eigenvalue weighted by molar-refractivity contribution is 6.04. The molecular weight excluding hydrogens is 448 g/mol. The van der Waals surface area contributed by atoms with Crippen LogP contribution < -0.4 is 10.6 Å². The third kappa shape index (κ3) is 7.38. The first-order valence-electron chi connectivity index (χ1n) is 12.5. The van der Waals surface area contributed by atoms with E-state index in [0.29, 0.717) is 17.8 Å². The van der Waals surface area contributed by atoms with Gasteiger partial charge in [0.15, 0.2) is 0 Å². The predicted octanol–water partition coefficient (Wildman–Crippen LogP) is 4.45. The molecule has 1 aliphatic heterocycles. The first kappa shape index (κ1) is 25.4. The first-order valence-corrected chi connectivity index (χ1v) is 12.5. The summed E-state index contributed by atoms with van der Waals surface area (Å²) in [6.45, 7) is 6.67. The van der Waals surface area contributed by atoms with Gasteiger partial charge in [-0.2, -0.15) is 0 Å². The van der Waals surface area contributed by atoms with Crippen LogP contribution in [-0.4, -0.2) is 60.9 Å². The standard InChI is InChI=1S/C30H34N4O2/c1-24(26-14-6-3-7-15-26)31-30(36)27-16-8-9-17-28(27)32-29(35)23-34-21-19-33(20-22-34)18-10-13-25-11-4-2-5-12-25/h2-17,24H,18-23H2,1H3,(H,31,36)(H,32,35)/b13-10+. The number of anilines is 1. The van der Waals surface area contributed by atoms with Crippen LogP contribution in [0.2, 0.25) is 0 Å². The van der Waals surface area contributed by atoms with Gasteiger partial charge in [0.05, 0.1) is 23.8 Å². The van der Waals surface area contributed by atoms with Crippen molar-refractivity contribution in [3.05, 3.63) is 108 Å². The molecule has 1 fully saturated rings. The van der Waals surface area contributed by atoms with Crippen molar-refractivity contribution in [3.63, 3.8) is 0 Å². The highest BCUT2D eigenvalue weighted by atomic mass is 16.2. The lowest BCUT2D eigenvalue weighted by Gasteiger charge is -2.33. The summed E-state index contributed by atoms with van der Waals surface area (Å²) in [4.78, 5) is 30.3. The molecule has 6 nitrogen and oxygen atoms in total. The molecule has 0 radical (unpaired) electrons. The Hall–Kier alpha value is -3.74. The maximum atomic E-state index is 12.9. The highest BCUT2D eigenvalue weighted by Gasteiger charge is 2.20. The van der Waals surface area contributed by atoms with E-state index in [2.05, 4.69) is 44.7 Å². The lowest BCUT2D eigenvalue weighted by atomic mass is 10.1. The summed E-state index contributed by atoms with van der Waals surface area (Å²) < 4.78 is 0. The van der Waals surface area contributed by atoms with Crippen molar-refractivity contribution in [3.8, 4) is 0 Å². The minimum atomic E-state index is -0.209. The highest BCUT2D eigenvalue weighted by Crippen LogP contribution is 2.18. The zero-order valence-electron chi connectivity index (χ0n) is 20.8. The van der Waals surface area contributed by atoms with Crippen molar-refractivity contribution in [2.45, 2.75) is 13.0 Å². The third-order valence-corrected chi connectivity index (χ3v) is 6.40. The number of rotatable bonds is 9. The number of hydrogen-bond acceptors (Lipinski definition) is 4. The molecule has 1 atom stereocenters. The van der Waals surface area contributed by atoms with Crippen LogP contribution in [0, 0.1) is 0 Å². The van der Waals surface area contributed by atoms with E-state index in [1.165, 1.54) is 5.56 Å². The number of nitrogens with one attached hydrogen (secondary N) is 2. The van der Waals surface area contributed by atoms with E-state index in [1.807, 2.05) is 67.6 Å². The fourth-order valence-electron chi connectivity index (χ4n) is 4.31. The van der Waals surface area contributed by atoms with Crippen LogP contribution in [0.1, 0.15) is 34.5 Å². The Bertz CT molecular complexity index is 1160. The number of amides is 2. The van der Waals surface area contributed by atoms with Gasteiger partial charge < -0.3 is 10.6 Å². The normalized spacial score (nSPS) is 15.5. The van der Waals surface area contributed by atoms with Crippen molar-refractivity contribution < 1.29 is 9.59 Å². The Morgan fingerprint density at radius 1 is 0.833 bits per heavy atom. The Morgan fingerprint density at radius 3 is 2.17 bits per heavy atom. The Kier molecular flexibility index (Phi) is 9.03. The molecule has 4 rings (SSSR count). The van der Waals surface area contributed by atoms with Crippen molar-refractivity contribution in [1.82, 2.24) is 15.1 Å².